The van der Waals surface area contributed by atoms with Crippen molar-refractivity contribution in [3.63, 3.8) is 0 Å². The van der Waals surface area contributed by atoms with Crippen molar-refractivity contribution in [3.05, 3.63) is 21.9 Å². The molecule has 2 N–H and O–H groups in total. The van der Waals surface area contributed by atoms with Gasteiger partial charge in [-0.1, -0.05) is 18.8 Å². The quantitative estimate of drug-likeness (QED) is 0.861. The van der Waals surface area contributed by atoms with Crippen LogP contribution in [0.3, 0.4) is 0 Å². The molecule has 0 atom stereocenters. The minimum atomic E-state index is 0.431. The van der Waals surface area contributed by atoms with Gasteiger partial charge in [-0.25, -0.2) is 0 Å². The highest BCUT2D eigenvalue weighted by atomic mass is 32.1. The Balaban J connectivity index is 1.91. The number of hydrogen-bond acceptors (Lipinski definition) is 4. The van der Waals surface area contributed by atoms with Crippen LogP contribution in [0.4, 0.5) is 0 Å². The third-order valence-electron chi connectivity index (χ3n) is 4.09. The molecule has 0 aliphatic carbocycles. The highest BCUT2D eigenvalue weighted by Gasteiger charge is 2.22. The van der Waals surface area contributed by atoms with Gasteiger partial charge in [0, 0.05) is 23.0 Å². The normalized spacial score (nSPS) is 17.2. The Labute approximate surface area is 126 Å². The number of nitrogens with two attached hydrogens (primary N) is 1. The summed E-state index contributed by atoms with van der Waals surface area (Å²) >= 11 is 1.80. The fourth-order valence-corrected chi connectivity index (χ4v) is 3.65. The molecule has 0 saturated carbocycles. The van der Waals surface area contributed by atoms with Gasteiger partial charge in [-0.3, -0.25) is 4.90 Å². The first-order chi connectivity index (χ1) is 9.74. The van der Waals surface area contributed by atoms with E-state index in [9.17, 15) is 0 Å². The maximum Gasteiger partial charge on any atom is 0.0555 e. The first-order valence-corrected chi connectivity index (χ1v) is 8.30. The van der Waals surface area contributed by atoms with E-state index in [2.05, 4.69) is 47.1 Å². The SMILES string of the molecule is CCN1CCC(N(C)Cc2sccc2C#CCN)CC1. The van der Waals surface area contributed by atoms with Gasteiger partial charge in [0.1, 0.15) is 0 Å². The molecule has 0 amide bonds. The summed E-state index contributed by atoms with van der Waals surface area (Å²) < 4.78 is 0. The predicted molar refractivity (Wildman–Crippen MR) is 86.9 cm³/mol. The molecule has 2 heterocycles. The van der Waals surface area contributed by atoms with Crippen LogP contribution in [0.5, 0.6) is 0 Å². The van der Waals surface area contributed by atoms with Crippen molar-refractivity contribution in [2.45, 2.75) is 32.4 Å². The number of thiophene rings is 1. The zero-order chi connectivity index (χ0) is 14.4. The van der Waals surface area contributed by atoms with Crippen LogP contribution >= 0.6 is 11.3 Å². The number of nitrogens with zero attached hydrogens (tertiary/aromatic N) is 2. The Hall–Kier alpha value is -0.860. The van der Waals surface area contributed by atoms with Crippen molar-refractivity contribution < 1.29 is 0 Å². The van der Waals surface area contributed by atoms with Gasteiger partial charge in [0.05, 0.1) is 6.54 Å². The van der Waals surface area contributed by atoms with E-state index in [0.717, 1.165) is 12.1 Å². The van der Waals surface area contributed by atoms with E-state index in [0.29, 0.717) is 12.6 Å². The molecule has 1 fully saturated rings. The van der Waals surface area contributed by atoms with Gasteiger partial charge in [0.2, 0.25) is 0 Å². The van der Waals surface area contributed by atoms with Crippen LogP contribution in [-0.4, -0.2) is 49.1 Å². The predicted octanol–water partition coefficient (Wildman–Crippen LogP) is 1.97. The standard InChI is InChI=1S/C16H25N3S/c1-3-19-10-6-15(7-11-19)18(2)13-16-14(5-4-9-17)8-12-20-16/h8,12,15H,3,6-7,9-11,13,17H2,1-2H3. The molecule has 4 heteroatoms. The molecular formula is C16H25N3S. The summed E-state index contributed by atoms with van der Waals surface area (Å²) in [6, 6.07) is 2.81. The fraction of sp³-hybridized carbons (Fsp3) is 0.625. The van der Waals surface area contributed by atoms with Crippen LogP contribution < -0.4 is 5.73 Å². The molecular weight excluding hydrogens is 266 g/mol. The third-order valence-corrected chi connectivity index (χ3v) is 5.00. The van der Waals surface area contributed by atoms with Gasteiger partial charge >= 0.3 is 0 Å². The second-order valence-electron chi connectivity index (χ2n) is 5.34. The molecule has 20 heavy (non-hydrogen) atoms. The maximum atomic E-state index is 5.45. The molecule has 0 bridgehead atoms. The topological polar surface area (TPSA) is 32.5 Å². The van der Waals surface area contributed by atoms with Crippen LogP contribution in [0.15, 0.2) is 11.4 Å². The number of likely N-dealkylation sites (tertiary alicyclic amines) is 1. The monoisotopic (exact) mass is 291 g/mol. The Kier molecular flexibility index (Phi) is 6.06. The van der Waals surface area contributed by atoms with Crippen LogP contribution in [-0.2, 0) is 6.54 Å². The lowest BCUT2D eigenvalue weighted by Gasteiger charge is -2.36. The molecule has 1 aliphatic rings. The maximum absolute atomic E-state index is 5.45. The summed E-state index contributed by atoms with van der Waals surface area (Å²) in [4.78, 5) is 6.39. The number of piperidine rings is 1. The van der Waals surface area contributed by atoms with Gasteiger partial charge in [0.25, 0.3) is 0 Å². The lowest BCUT2D eigenvalue weighted by Crippen LogP contribution is -2.42. The van der Waals surface area contributed by atoms with Crippen LogP contribution in [0.2, 0.25) is 0 Å². The molecule has 0 unspecified atom stereocenters. The van der Waals surface area contributed by atoms with Crippen molar-refractivity contribution >= 4 is 11.3 Å². The molecule has 1 saturated heterocycles. The average Bonchev–Trinajstić information content (AvgIpc) is 2.92. The lowest BCUT2D eigenvalue weighted by atomic mass is 10.0. The second-order valence-corrected chi connectivity index (χ2v) is 6.34. The summed E-state index contributed by atoms with van der Waals surface area (Å²) in [5.74, 6) is 6.13. The first-order valence-electron chi connectivity index (χ1n) is 7.42. The Morgan fingerprint density at radius 2 is 2.20 bits per heavy atom. The van der Waals surface area contributed by atoms with E-state index >= 15 is 0 Å². The van der Waals surface area contributed by atoms with E-state index in [-0.39, 0.29) is 0 Å². The van der Waals surface area contributed by atoms with Crippen molar-refractivity contribution in [3.8, 4) is 11.8 Å². The molecule has 110 valence electrons. The summed E-state index contributed by atoms with van der Waals surface area (Å²) in [5, 5.41) is 2.13. The van der Waals surface area contributed by atoms with Gasteiger partial charge in [-0.05, 0) is 51.0 Å². The molecule has 3 nitrogen and oxygen atoms in total. The van der Waals surface area contributed by atoms with Crippen molar-refractivity contribution in [1.82, 2.24) is 9.80 Å². The van der Waals surface area contributed by atoms with E-state index in [1.54, 1.807) is 11.3 Å². The Morgan fingerprint density at radius 1 is 1.45 bits per heavy atom. The van der Waals surface area contributed by atoms with Gasteiger partial charge in [0.15, 0.2) is 0 Å². The summed E-state index contributed by atoms with van der Waals surface area (Å²) in [6.07, 6.45) is 2.55. The first kappa shape index (κ1) is 15.5. The van der Waals surface area contributed by atoms with E-state index in [1.165, 1.54) is 37.4 Å². The lowest BCUT2D eigenvalue weighted by molar-refractivity contribution is 0.128. The molecule has 0 radical (unpaired) electrons. The minimum absolute atomic E-state index is 0.431. The summed E-state index contributed by atoms with van der Waals surface area (Å²) in [5.41, 5.74) is 6.61. The van der Waals surface area contributed by atoms with Crippen LogP contribution in [0.25, 0.3) is 0 Å². The zero-order valence-corrected chi connectivity index (χ0v) is 13.4. The molecule has 0 aromatic carbocycles. The number of rotatable bonds is 4. The van der Waals surface area contributed by atoms with Crippen molar-refractivity contribution in [2.24, 2.45) is 5.73 Å². The molecule has 1 aromatic rings. The van der Waals surface area contributed by atoms with E-state index in [4.69, 9.17) is 5.73 Å². The minimum Gasteiger partial charge on any atom is -0.320 e. The van der Waals surface area contributed by atoms with E-state index in [1.807, 2.05) is 0 Å². The van der Waals surface area contributed by atoms with Crippen molar-refractivity contribution in [1.29, 1.82) is 0 Å². The summed E-state index contributed by atoms with van der Waals surface area (Å²) in [6.45, 7) is 7.33. The Bertz CT molecular complexity index is 464. The van der Waals surface area contributed by atoms with Crippen molar-refractivity contribution in [2.75, 3.05) is 33.2 Å². The molecule has 1 aromatic heterocycles. The second kappa shape index (κ2) is 7.80. The van der Waals surface area contributed by atoms with Gasteiger partial charge < -0.3 is 10.6 Å². The average molecular weight is 291 g/mol. The highest BCUT2D eigenvalue weighted by Crippen LogP contribution is 2.22. The Morgan fingerprint density at radius 3 is 2.85 bits per heavy atom. The van der Waals surface area contributed by atoms with Crippen LogP contribution in [0, 0.1) is 11.8 Å². The molecule has 0 spiro atoms. The van der Waals surface area contributed by atoms with Gasteiger partial charge in [-0.15, -0.1) is 11.3 Å². The zero-order valence-electron chi connectivity index (χ0n) is 12.6. The largest absolute Gasteiger partial charge is 0.320 e. The fourth-order valence-electron chi connectivity index (χ4n) is 2.75. The van der Waals surface area contributed by atoms with Gasteiger partial charge in [-0.2, -0.15) is 0 Å². The van der Waals surface area contributed by atoms with Crippen LogP contribution in [0.1, 0.15) is 30.2 Å². The third kappa shape index (κ3) is 4.07. The molecule has 2 rings (SSSR count). The smallest absolute Gasteiger partial charge is 0.0555 e. The van der Waals surface area contributed by atoms with E-state index < -0.39 is 0 Å². The highest BCUT2D eigenvalue weighted by molar-refractivity contribution is 7.10. The molecule has 1 aliphatic heterocycles. The summed E-state index contributed by atoms with van der Waals surface area (Å²) in [7, 11) is 2.24. The number of hydrogen-bond donors (Lipinski definition) is 1.